The largest absolute Gasteiger partial charge is 0.496 e. The summed E-state index contributed by atoms with van der Waals surface area (Å²) >= 11 is 0. The summed E-state index contributed by atoms with van der Waals surface area (Å²) < 4.78 is 5.30. The van der Waals surface area contributed by atoms with Crippen molar-refractivity contribution >= 4 is 12.0 Å². The summed E-state index contributed by atoms with van der Waals surface area (Å²) in [5, 5.41) is 12.0. The highest BCUT2D eigenvalue weighted by Gasteiger charge is 2.28. The second-order valence-corrected chi connectivity index (χ2v) is 5.54. The molecular formula is C16H22N2O4. The number of benzene rings is 1. The maximum absolute atomic E-state index is 12.3. The number of para-hydroxylation sites is 1. The van der Waals surface area contributed by atoms with E-state index in [0.717, 1.165) is 11.3 Å². The summed E-state index contributed by atoms with van der Waals surface area (Å²) in [5.74, 6) is -0.589. The van der Waals surface area contributed by atoms with Crippen molar-refractivity contribution in [3.63, 3.8) is 0 Å². The fraction of sp³-hybridized carbons (Fsp3) is 0.500. The van der Waals surface area contributed by atoms with Gasteiger partial charge < -0.3 is 20.1 Å². The number of likely N-dealkylation sites (tertiary alicyclic amines) is 1. The first-order valence-corrected chi connectivity index (χ1v) is 7.44. The molecule has 0 saturated carbocycles. The van der Waals surface area contributed by atoms with Crippen LogP contribution in [-0.4, -0.2) is 42.2 Å². The van der Waals surface area contributed by atoms with E-state index in [4.69, 9.17) is 9.84 Å². The maximum atomic E-state index is 12.3. The SMILES string of the molecule is COc1ccccc1C(C)NC(=O)N1CCCC(C(=O)O)C1. The maximum Gasteiger partial charge on any atom is 0.317 e. The van der Waals surface area contributed by atoms with Crippen molar-refractivity contribution in [3.05, 3.63) is 29.8 Å². The molecule has 1 heterocycles. The summed E-state index contributed by atoms with van der Waals surface area (Å²) in [6.07, 6.45) is 1.34. The van der Waals surface area contributed by atoms with Crippen LogP contribution >= 0.6 is 0 Å². The molecule has 1 aromatic rings. The number of amides is 2. The molecule has 2 unspecified atom stereocenters. The first-order chi connectivity index (χ1) is 10.5. The molecule has 2 atom stereocenters. The number of hydrogen-bond acceptors (Lipinski definition) is 3. The van der Waals surface area contributed by atoms with Gasteiger partial charge in [-0.1, -0.05) is 18.2 Å². The van der Waals surface area contributed by atoms with Crippen LogP contribution in [0.1, 0.15) is 31.4 Å². The predicted octanol–water partition coefficient (Wildman–Crippen LogP) is 2.26. The highest BCUT2D eigenvalue weighted by Crippen LogP contribution is 2.25. The van der Waals surface area contributed by atoms with Crippen molar-refractivity contribution in [2.75, 3.05) is 20.2 Å². The summed E-state index contributed by atoms with van der Waals surface area (Å²) in [7, 11) is 1.59. The third-order valence-electron chi connectivity index (χ3n) is 4.00. The van der Waals surface area contributed by atoms with Crippen LogP contribution < -0.4 is 10.1 Å². The minimum Gasteiger partial charge on any atom is -0.496 e. The first kappa shape index (κ1) is 16.1. The molecule has 0 aromatic heterocycles. The Morgan fingerprint density at radius 3 is 2.82 bits per heavy atom. The van der Waals surface area contributed by atoms with Gasteiger partial charge in [0.25, 0.3) is 0 Å². The van der Waals surface area contributed by atoms with E-state index in [0.29, 0.717) is 19.4 Å². The molecule has 0 bridgehead atoms. The first-order valence-electron chi connectivity index (χ1n) is 7.44. The normalized spacial score (nSPS) is 19.4. The van der Waals surface area contributed by atoms with E-state index in [1.165, 1.54) is 0 Å². The Kier molecular flexibility index (Phi) is 5.25. The van der Waals surface area contributed by atoms with Gasteiger partial charge in [-0.2, -0.15) is 0 Å². The minimum absolute atomic E-state index is 0.214. The van der Waals surface area contributed by atoms with Gasteiger partial charge in [0, 0.05) is 18.7 Å². The number of methoxy groups -OCH3 is 1. The van der Waals surface area contributed by atoms with E-state index in [1.54, 1.807) is 12.0 Å². The Morgan fingerprint density at radius 2 is 2.14 bits per heavy atom. The third kappa shape index (κ3) is 3.69. The van der Waals surface area contributed by atoms with Crippen molar-refractivity contribution in [2.24, 2.45) is 5.92 Å². The highest BCUT2D eigenvalue weighted by atomic mass is 16.5. The van der Waals surface area contributed by atoms with E-state index >= 15 is 0 Å². The lowest BCUT2D eigenvalue weighted by atomic mass is 9.98. The van der Waals surface area contributed by atoms with Gasteiger partial charge in [0.15, 0.2) is 0 Å². The van der Waals surface area contributed by atoms with Crippen LogP contribution in [0.3, 0.4) is 0 Å². The Hall–Kier alpha value is -2.24. The summed E-state index contributed by atoms with van der Waals surface area (Å²) in [5.41, 5.74) is 0.894. The number of ether oxygens (including phenoxy) is 1. The number of hydrogen-bond donors (Lipinski definition) is 2. The molecule has 1 fully saturated rings. The molecule has 0 radical (unpaired) electrons. The Labute approximate surface area is 130 Å². The second-order valence-electron chi connectivity index (χ2n) is 5.54. The third-order valence-corrected chi connectivity index (χ3v) is 4.00. The summed E-state index contributed by atoms with van der Waals surface area (Å²) in [6, 6.07) is 7.07. The average Bonchev–Trinajstić information content (AvgIpc) is 2.54. The molecule has 2 rings (SSSR count). The predicted molar refractivity (Wildman–Crippen MR) is 81.9 cm³/mol. The number of carbonyl (C=O) groups is 2. The molecule has 2 amide bonds. The molecule has 1 saturated heterocycles. The van der Waals surface area contributed by atoms with Gasteiger partial charge in [-0.25, -0.2) is 4.79 Å². The fourth-order valence-electron chi connectivity index (χ4n) is 2.74. The number of aliphatic carboxylic acids is 1. The van der Waals surface area contributed by atoms with Crippen molar-refractivity contribution in [3.8, 4) is 5.75 Å². The zero-order chi connectivity index (χ0) is 16.1. The number of piperidine rings is 1. The lowest BCUT2D eigenvalue weighted by Crippen LogP contribution is -2.47. The quantitative estimate of drug-likeness (QED) is 0.894. The minimum atomic E-state index is -0.838. The Bertz CT molecular complexity index is 547. The molecule has 120 valence electrons. The van der Waals surface area contributed by atoms with Gasteiger partial charge in [0.1, 0.15) is 5.75 Å². The molecule has 1 aliphatic rings. The molecule has 0 spiro atoms. The number of carbonyl (C=O) groups excluding carboxylic acids is 1. The van der Waals surface area contributed by atoms with Crippen LogP contribution in [0.25, 0.3) is 0 Å². The van der Waals surface area contributed by atoms with Crippen molar-refractivity contribution in [2.45, 2.75) is 25.8 Å². The van der Waals surface area contributed by atoms with Gasteiger partial charge in [0.05, 0.1) is 19.1 Å². The molecule has 1 aromatic carbocycles. The van der Waals surface area contributed by atoms with Crippen molar-refractivity contribution in [1.29, 1.82) is 0 Å². The molecule has 1 aliphatic heterocycles. The molecular weight excluding hydrogens is 284 g/mol. The van der Waals surface area contributed by atoms with Crippen molar-refractivity contribution in [1.82, 2.24) is 10.2 Å². The number of nitrogens with zero attached hydrogens (tertiary/aromatic N) is 1. The van der Waals surface area contributed by atoms with Crippen LogP contribution in [-0.2, 0) is 4.79 Å². The van der Waals surface area contributed by atoms with Crippen LogP contribution in [0, 0.1) is 5.92 Å². The number of rotatable bonds is 4. The standard InChI is InChI=1S/C16H22N2O4/c1-11(13-7-3-4-8-14(13)22-2)17-16(21)18-9-5-6-12(10-18)15(19)20/h3-4,7-8,11-12H,5-6,9-10H2,1-2H3,(H,17,21)(H,19,20). The van der Waals surface area contributed by atoms with Gasteiger partial charge in [-0.3, -0.25) is 4.79 Å². The van der Waals surface area contributed by atoms with Gasteiger partial charge in [-0.05, 0) is 25.8 Å². The molecule has 6 heteroatoms. The number of urea groups is 1. The van der Waals surface area contributed by atoms with Crippen LogP contribution in [0.15, 0.2) is 24.3 Å². The van der Waals surface area contributed by atoms with Gasteiger partial charge in [0.2, 0.25) is 0 Å². The van der Waals surface area contributed by atoms with E-state index in [2.05, 4.69) is 5.32 Å². The number of carboxylic acids is 1. The Balaban J connectivity index is 2.00. The highest BCUT2D eigenvalue weighted by molar-refractivity contribution is 5.77. The number of carboxylic acid groups (broad SMARTS) is 1. The zero-order valence-corrected chi connectivity index (χ0v) is 12.9. The van der Waals surface area contributed by atoms with E-state index in [9.17, 15) is 9.59 Å². The van der Waals surface area contributed by atoms with Crippen LogP contribution in [0.4, 0.5) is 4.79 Å². The zero-order valence-electron chi connectivity index (χ0n) is 12.9. The average molecular weight is 306 g/mol. The molecule has 2 N–H and O–H groups in total. The van der Waals surface area contributed by atoms with E-state index < -0.39 is 11.9 Å². The monoisotopic (exact) mass is 306 g/mol. The Morgan fingerprint density at radius 1 is 1.41 bits per heavy atom. The van der Waals surface area contributed by atoms with E-state index in [1.807, 2.05) is 31.2 Å². The number of nitrogens with one attached hydrogen (secondary N) is 1. The smallest absolute Gasteiger partial charge is 0.317 e. The lowest BCUT2D eigenvalue weighted by molar-refractivity contribution is -0.143. The summed E-state index contributed by atoms with van der Waals surface area (Å²) in [6.45, 7) is 2.74. The molecule has 0 aliphatic carbocycles. The van der Waals surface area contributed by atoms with Crippen molar-refractivity contribution < 1.29 is 19.4 Å². The van der Waals surface area contributed by atoms with E-state index in [-0.39, 0.29) is 18.6 Å². The fourth-order valence-corrected chi connectivity index (χ4v) is 2.74. The van der Waals surface area contributed by atoms with Crippen LogP contribution in [0.2, 0.25) is 0 Å². The van der Waals surface area contributed by atoms with Gasteiger partial charge >= 0.3 is 12.0 Å². The molecule has 22 heavy (non-hydrogen) atoms. The summed E-state index contributed by atoms with van der Waals surface area (Å²) in [4.78, 5) is 25.0. The lowest BCUT2D eigenvalue weighted by Gasteiger charge is -2.32. The second kappa shape index (κ2) is 7.15. The molecule has 6 nitrogen and oxygen atoms in total. The van der Waals surface area contributed by atoms with Crippen LogP contribution in [0.5, 0.6) is 5.75 Å². The topological polar surface area (TPSA) is 78.9 Å². The van der Waals surface area contributed by atoms with Gasteiger partial charge in [-0.15, -0.1) is 0 Å².